The Morgan fingerprint density at radius 2 is 1.69 bits per heavy atom. The first-order valence-corrected chi connectivity index (χ1v) is 11.7. The molecule has 12 nitrogen and oxygen atoms in total. The smallest absolute Gasteiger partial charge is 0.343 e. The van der Waals surface area contributed by atoms with E-state index in [1.807, 2.05) is 0 Å². The zero-order valence-electron chi connectivity index (χ0n) is 19.0. The van der Waals surface area contributed by atoms with Crippen molar-refractivity contribution in [1.82, 2.24) is 0 Å². The van der Waals surface area contributed by atoms with Gasteiger partial charge in [0.1, 0.15) is 12.2 Å². The van der Waals surface area contributed by atoms with Crippen molar-refractivity contribution in [3.63, 3.8) is 0 Å². The molecule has 36 heavy (non-hydrogen) atoms. The third kappa shape index (κ3) is 1.78. The number of ether oxygens (including phenoxy) is 5. The number of carbonyl (C=O) groups excluding carboxylic acids is 4. The molecular formula is C24H22O12. The minimum Gasteiger partial charge on any atom is -0.456 e. The predicted octanol–water partition coefficient (Wildman–Crippen LogP) is -1.56. The SMILES string of the molecule is C[C@@H]1[C@H]2OC(=O)[C@]34OC5OC(=O)[C@H](O)C51C3(C2OC(=O)c1ccccc1)[C@@H](O)[C@@H]1OC(=O)[C@@H](C)[C@@]14O. The fraction of sp³-hybridized carbons (Fsp3) is 0.583. The van der Waals surface area contributed by atoms with E-state index in [1.54, 1.807) is 25.1 Å². The lowest BCUT2D eigenvalue weighted by molar-refractivity contribution is -0.279. The van der Waals surface area contributed by atoms with Crippen LogP contribution in [0.3, 0.4) is 0 Å². The Morgan fingerprint density at radius 1 is 1.00 bits per heavy atom. The largest absolute Gasteiger partial charge is 0.456 e. The summed E-state index contributed by atoms with van der Waals surface area (Å²) in [6, 6.07) is 7.91. The summed E-state index contributed by atoms with van der Waals surface area (Å²) in [6.07, 6.45) is -9.87. The van der Waals surface area contributed by atoms with E-state index in [-0.39, 0.29) is 5.56 Å². The van der Waals surface area contributed by atoms with Crippen molar-refractivity contribution >= 4 is 23.9 Å². The van der Waals surface area contributed by atoms with Crippen LogP contribution in [0, 0.1) is 22.7 Å². The van der Waals surface area contributed by atoms with E-state index < -0.39 is 94.6 Å². The molecule has 2 aliphatic carbocycles. The maximum absolute atomic E-state index is 13.8. The molecule has 0 aromatic heterocycles. The standard InChI is InChI=1S/C24H22O12/c1-8-11-14(33-17(28)10-6-4-3-5-7-10)22-12(25)15-23(31,9(2)16(27)34-15)24(22,19(30)32-11)36-20-21(8,22)13(26)18(29)35-20/h3-9,11-15,20,25-26,31H,1-2H3/t8-,9-,11-,12+,13+,14?,15+,20?,21?,22?,23-,24+/m1/s1. The van der Waals surface area contributed by atoms with E-state index >= 15 is 0 Å². The number of aliphatic hydroxyl groups is 3. The first-order valence-electron chi connectivity index (χ1n) is 11.7. The monoisotopic (exact) mass is 502 g/mol. The molecule has 6 aliphatic rings. The molecule has 1 aromatic rings. The number of carbonyl (C=O) groups is 4. The summed E-state index contributed by atoms with van der Waals surface area (Å²) in [7, 11) is 0. The highest BCUT2D eigenvalue weighted by Crippen LogP contribution is 2.83. The topological polar surface area (TPSA) is 175 Å². The Balaban J connectivity index is 1.51. The molecule has 1 aromatic carbocycles. The Labute approximate surface area is 203 Å². The first kappa shape index (κ1) is 22.2. The van der Waals surface area contributed by atoms with Crippen LogP contribution in [-0.2, 0) is 38.1 Å². The van der Waals surface area contributed by atoms with Gasteiger partial charge < -0.3 is 39.0 Å². The van der Waals surface area contributed by atoms with E-state index in [9.17, 15) is 34.5 Å². The van der Waals surface area contributed by atoms with Gasteiger partial charge in [-0.3, -0.25) is 4.79 Å². The van der Waals surface area contributed by atoms with Gasteiger partial charge in [0, 0.05) is 5.92 Å². The van der Waals surface area contributed by atoms with Crippen LogP contribution in [0.25, 0.3) is 0 Å². The summed E-state index contributed by atoms with van der Waals surface area (Å²) in [5.41, 5.74) is -8.94. The van der Waals surface area contributed by atoms with Gasteiger partial charge in [0.15, 0.2) is 23.9 Å². The summed E-state index contributed by atoms with van der Waals surface area (Å²) in [5.74, 6) is -6.25. The van der Waals surface area contributed by atoms with E-state index in [0.717, 1.165) is 0 Å². The van der Waals surface area contributed by atoms with Gasteiger partial charge in [0.2, 0.25) is 11.9 Å². The van der Waals surface area contributed by atoms with Gasteiger partial charge >= 0.3 is 23.9 Å². The van der Waals surface area contributed by atoms with E-state index in [1.165, 1.54) is 19.1 Å². The lowest BCUT2D eigenvalue weighted by Crippen LogP contribution is -2.74. The summed E-state index contributed by atoms with van der Waals surface area (Å²) < 4.78 is 28.4. The highest BCUT2D eigenvalue weighted by atomic mass is 16.8. The maximum Gasteiger partial charge on any atom is 0.343 e. The lowest BCUT2D eigenvalue weighted by Gasteiger charge is -2.51. The number of hydrogen-bond donors (Lipinski definition) is 3. The van der Waals surface area contributed by atoms with E-state index in [2.05, 4.69) is 0 Å². The van der Waals surface area contributed by atoms with Crippen molar-refractivity contribution < 1.29 is 58.2 Å². The fourth-order valence-corrected chi connectivity index (χ4v) is 8.30. The number of benzene rings is 1. The van der Waals surface area contributed by atoms with Crippen LogP contribution in [0.1, 0.15) is 24.2 Å². The van der Waals surface area contributed by atoms with Crippen LogP contribution in [0.2, 0.25) is 0 Å². The number of rotatable bonds is 2. The van der Waals surface area contributed by atoms with Crippen molar-refractivity contribution in [2.45, 2.75) is 61.9 Å². The van der Waals surface area contributed by atoms with Crippen molar-refractivity contribution in [2.75, 3.05) is 0 Å². The Hall–Kier alpha value is -3.06. The lowest BCUT2D eigenvalue weighted by atomic mass is 9.52. The highest BCUT2D eigenvalue weighted by molar-refractivity contribution is 5.94. The van der Waals surface area contributed by atoms with Gasteiger partial charge in [-0.05, 0) is 19.1 Å². The Morgan fingerprint density at radius 3 is 2.39 bits per heavy atom. The summed E-state index contributed by atoms with van der Waals surface area (Å²) in [5, 5.41) is 35.2. The zero-order chi connectivity index (χ0) is 25.6. The van der Waals surface area contributed by atoms with Crippen LogP contribution < -0.4 is 0 Å². The van der Waals surface area contributed by atoms with Crippen molar-refractivity contribution in [1.29, 1.82) is 0 Å². The van der Waals surface area contributed by atoms with Gasteiger partial charge in [-0.15, -0.1) is 0 Å². The number of aliphatic hydroxyl groups excluding tert-OH is 2. The quantitative estimate of drug-likeness (QED) is 0.314. The first-order chi connectivity index (χ1) is 17.0. The van der Waals surface area contributed by atoms with Crippen LogP contribution in [-0.4, -0.2) is 87.2 Å². The van der Waals surface area contributed by atoms with Crippen molar-refractivity contribution in [3.8, 4) is 0 Å². The molecule has 12 heteroatoms. The average Bonchev–Trinajstić information content (AvgIpc) is 3.47. The molecule has 2 saturated carbocycles. The molecule has 4 heterocycles. The van der Waals surface area contributed by atoms with Gasteiger partial charge in [0.05, 0.1) is 22.3 Å². The molecule has 6 fully saturated rings. The van der Waals surface area contributed by atoms with Gasteiger partial charge in [-0.1, -0.05) is 25.1 Å². The van der Waals surface area contributed by atoms with Crippen LogP contribution >= 0.6 is 0 Å². The molecule has 4 aliphatic heterocycles. The molecular weight excluding hydrogens is 480 g/mol. The van der Waals surface area contributed by atoms with E-state index in [4.69, 9.17) is 23.7 Å². The maximum atomic E-state index is 13.8. The van der Waals surface area contributed by atoms with Crippen LogP contribution in [0.5, 0.6) is 0 Å². The number of esters is 4. The van der Waals surface area contributed by atoms with Crippen molar-refractivity contribution in [3.05, 3.63) is 35.9 Å². The van der Waals surface area contributed by atoms with E-state index in [0.29, 0.717) is 0 Å². The molecule has 4 saturated heterocycles. The zero-order valence-corrected chi connectivity index (χ0v) is 19.0. The molecule has 0 amide bonds. The molecule has 12 atom stereocenters. The molecule has 7 rings (SSSR count). The predicted molar refractivity (Wildman–Crippen MR) is 109 cm³/mol. The molecule has 190 valence electrons. The second-order valence-corrected chi connectivity index (χ2v) is 10.5. The molecule has 0 radical (unpaired) electrons. The summed E-state index contributed by atoms with van der Waals surface area (Å²) in [4.78, 5) is 52.2. The molecule has 3 N–H and O–H groups in total. The minimum absolute atomic E-state index is 0.153. The van der Waals surface area contributed by atoms with Gasteiger partial charge in [0.25, 0.3) is 0 Å². The van der Waals surface area contributed by atoms with Crippen LogP contribution in [0.4, 0.5) is 0 Å². The normalized spacial score (nSPS) is 53.3. The Kier molecular flexibility index (Phi) is 3.85. The second-order valence-electron chi connectivity index (χ2n) is 10.5. The van der Waals surface area contributed by atoms with Gasteiger partial charge in [-0.25, -0.2) is 14.4 Å². The summed E-state index contributed by atoms with van der Waals surface area (Å²) >= 11 is 0. The summed E-state index contributed by atoms with van der Waals surface area (Å²) in [6.45, 7) is 2.86. The average molecular weight is 502 g/mol. The van der Waals surface area contributed by atoms with Crippen LogP contribution in [0.15, 0.2) is 30.3 Å². The fourth-order valence-electron chi connectivity index (χ4n) is 8.30. The number of hydrogen-bond acceptors (Lipinski definition) is 12. The Bertz CT molecular complexity index is 1250. The van der Waals surface area contributed by atoms with Crippen molar-refractivity contribution in [2.24, 2.45) is 22.7 Å². The van der Waals surface area contributed by atoms with Gasteiger partial charge in [-0.2, -0.15) is 0 Å². The number of fused-ring (bicyclic) bond motifs is 2. The molecule has 2 bridgehead atoms. The minimum atomic E-state index is -2.56. The highest BCUT2D eigenvalue weighted by Gasteiger charge is 3.04. The third-order valence-corrected chi connectivity index (χ3v) is 9.65. The second kappa shape index (κ2) is 6.25. The molecule has 2 spiro atoms. The third-order valence-electron chi connectivity index (χ3n) is 9.65. The molecule has 4 unspecified atom stereocenters.